The molecule has 6 aromatic rings. The zero-order valence-electron chi connectivity index (χ0n) is 19.5. The highest BCUT2D eigenvalue weighted by molar-refractivity contribution is 9.10. The first-order chi connectivity index (χ1) is 18.3. The molecular formula is C27H19BrCl2N6O2. The third-order valence-electron chi connectivity index (χ3n) is 6.25. The van der Waals surface area contributed by atoms with E-state index in [4.69, 9.17) is 33.9 Å². The number of hydrogen-bond acceptors (Lipinski definition) is 6. The van der Waals surface area contributed by atoms with Crippen molar-refractivity contribution in [2.24, 2.45) is 0 Å². The molecule has 11 heteroatoms. The van der Waals surface area contributed by atoms with E-state index in [2.05, 4.69) is 26.0 Å². The van der Waals surface area contributed by atoms with Crippen molar-refractivity contribution in [3.63, 3.8) is 0 Å². The van der Waals surface area contributed by atoms with Crippen molar-refractivity contribution in [3.8, 4) is 22.5 Å². The Morgan fingerprint density at radius 3 is 2.03 bits per heavy atom. The second-order valence-electron chi connectivity index (χ2n) is 8.71. The SMILES string of the molecule is Nc1ccc2nc(-c3ccc(Br)cc3)c(C(O)C(O)c3c(-c4ccc(Cl)cc4)nc4ccc(Cl)nn34)n2c1. The molecule has 190 valence electrons. The molecule has 0 saturated heterocycles. The second kappa shape index (κ2) is 9.68. The first-order valence-electron chi connectivity index (χ1n) is 11.5. The monoisotopic (exact) mass is 608 g/mol. The van der Waals surface area contributed by atoms with Gasteiger partial charge >= 0.3 is 0 Å². The van der Waals surface area contributed by atoms with E-state index in [1.54, 1.807) is 59.1 Å². The molecule has 2 unspecified atom stereocenters. The summed E-state index contributed by atoms with van der Waals surface area (Å²) < 4.78 is 4.03. The number of halogens is 3. The zero-order valence-corrected chi connectivity index (χ0v) is 22.6. The van der Waals surface area contributed by atoms with Gasteiger partial charge in [-0.05, 0) is 48.5 Å². The van der Waals surface area contributed by atoms with Crippen molar-refractivity contribution in [2.75, 3.05) is 5.73 Å². The average Bonchev–Trinajstić information content (AvgIpc) is 3.47. The summed E-state index contributed by atoms with van der Waals surface area (Å²) in [6.45, 7) is 0. The van der Waals surface area contributed by atoms with Crippen LogP contribution in [0.4, 0.5) is 5.69 Å². The molecule has 0 bridgehead atoms. The molecule has 0 amide bonds. The van der Waals surface area contributed by atoms with Crippen LogP contribution in [0.2, 0.25) is 10.2 Å². The van der Waals surface area contributed by atoms with Gasteiger partial charge in [-0.3, -0.25) is 4.40 Å². The van der Waals surface area contributed by atoms with E-state index >= 15 is 0 Å². The molecule has 4 heterocycles. The largest absolute Gasteiger partial charge is 0.398 e. The number of nitrogen functional groups attached to an aromatic ring is 1. The minimum absolute atomic E-state index is 0.207. The highest BCUT2D eigenvalue weighted by Crippen LogP contribution is 2.40. The number of hydrogen-bond donors (Lipinski definition) is 3. The summed E-state index contributed by atoms with van der Waals surface area (Å²) in [4.78, 5) is 9.44. The zero-order chi connectivity index (χ0) is 26.6. The summed E-state index contributed by atoms with van der Waals surface area (Å²) in [6, 6.07) is 21.4. The van der Waals surface area contributed by atoms with E-state index in [1.807, 2.05) is 24.3 Å². The minimum Gasteiger partial charge on any atom is -0.398 e. The standard InChI is InChI=1S/C27H19BrCl2N6O2/c28-16-5-1-14(2-6-16)22-24(35-13-18(31)9-11-20(35)32-22)26(37)27(38)25-23(15-3-7-17(29)8-4-15)33-21-12-10-19(30)34-36(21)25/h1-13,26-27,37-38H,31H2. The third kappa shape index (κ3) is 4.32. The van der Waals surface area contributed by atoms with Crippen molar-refractivity contribution in [1.82, 2.24) is 24.0 Å². The Hall–Kier alpha value is -3.47. The summed E-state index contributed by atoms with van der Waals surface area (Å²) in [5.41, 5.74) is 10.6. The Bertz CT molecular complexity index is 1670. The predicted octanol–water partition coefficient (Wildman–Crippen LogP) is 6.13. The molecule has 0 aliphatic rings. The lowest BCUT2D eigenvalue weighted by Crippen LogP contribution is -2.17. The van der Waals surface area contributed by atoms with Crippen LogP contribution in [0.3, 0.4) is 0 Å². The van der Waals surface area contributed by atoms with E-state index in [0.29, 0.717) is 44.6 Å². The maximum atomic E-state index is 11.8. The summed E-state index contributed by atoms with van der Waals surface area (Å²) in [7, 11) is 0. The van der Waals surface area contributed by atoms with Crippen molar-refractivity contribution in [3.05, 3.63) is 105 Å². The Morgan fingerprint density at radius 1 is 0.737 bits per heavy atom. The van der Waals surface area contributed by atoms with Gasteiger partial charge in [0.15, 0.2) is 5.65 Å². The van der Waals surface area contributed by atoms with Gasteiger partial charge in [0, 0.05) is 32.5 Å². The lowest BCUT2D eigenvalue weighted by atomic mass is 9.99. The van der Waals surface area contributed by atoms with Crippen LogP contribution in [-0.2, 0) is 0 Å². The number of pyridine rings is 1. The summed E-state index contributed by atoms with van der Waals surface area (Å²) >= 11 is 15.8. The molecule has 0 aliphatic carbocycles. The number of aromatic nitrogens is 5. The topological polar surface area (TPSA) is 114 Å². The van der Waals surface area contributed by atoms with Gasteiger partial charge in [-0.1, -0.05) is 63.4 Å². The molecule has 38 heavy (non-hydrogen) atoms. The van der Waals surface area contributed by atoms with Crippen molar-refractivity contribution >= 4 is 56.1 Å². The van der Waals surface area contributed by atoms with Crippen LogP contribution in [0.1, 0.15) is 23.6 Å². The van der Waals surface area contributed by atoms with Crippen LogP contribution < -0.4 is 5.73 Å². The van der Waals surface area contributed by atoms with Gasteiger partial charge in [0.05, 0.1) is 17.1 Å². The summed E-state index contributed by atoms with van der Waals surface area (Å²) in [5.74, 6) is 0. The molecule has 0 aliphatic heterocycles. The Labute approximate surface area is 235 Å². The molecule has 0 fully saturated rings. The molecule has 4 N–H and O–H groups in total. The normalized spacial score (nSPS) is 13.3. The fourth-order valence-electron chi connectivity index (χ4n) is 4.49. The Balaban J connectivity index is 1.57. The van der Waals surface area contributed by atoms with Crippen LogP contribution in [0.15, 0.2) is 83.5 Å². The first kappa shape index (κ1) is 24.8. The Kier molecular flexibility index (Phi) is 6.33. The minimum atomic E-state index is -1.47. The lowest BCUT2D eigenvalue weighted by Gasteiger charge is -2.20. The number of benzene rings is 2. The van der Waals surface area contributed by atoms with Gasteiger partial charge in [0.1, 0.15) is 28.7 Å². The van der Waals surface area contributed by atoms with Gasteiger partial charge in [-0.15, -0.1) is 0 Å². The van der Waals surface area contributed by atoms with E-state index in [9.17, 15) is 10.2 Å². The smallest absolute Gasteiger partial charge is 0.154 e. The molecule has 6 rings (SSSR count). The highest BCUT2D eigenvalue weighted by atomic mass is 79.9. The number of aliphatic hydroxyl groups is 2. The van der Waals surface area contributed by atoms with E-state index in [0.717, 1.165) is 10.0 Å². The van der Waals surface area contributed by atoms with Crippen molar-refractivity contribution < 1.29 is 10.2 Å². The molecular weight excluding hydrogens is 591 g/mol. The van der Waals surface area contributed by atoms with Crippen LogP contribution >= 0.6 is 39.1 Å². The van der Waals surface area contributed by atoms with E-state index in [1.165, 1.54) is 4.52 Å². The molecule has 0 saturated carbocycles. The average molecular weight is 610 g/mol. The molecule has 0 spiro atoms. The van der Waals surface area contributed by atoms with Crippen LogP contribution in [-0.4, -0.2) is 34.2 Å². The molecule has 0 radical (unpaired) electrons. The van der Waals surface area contributed by atoms with Crippen LogP contribution in [0.5, 0.6) is 0 Å². The number of imidazole rings is 2. The summed E-state index contributed by atoms with van der Waals surface area (Å²) in [6.07, 6.45) is -1.26. The Morgan fingerprint density at radius 2 is 1.32 bits per heavy atom. The molecule has 2 aromatic carbocycles. The number of rotatable bonds is 5. The van der Waals surface area contributed by atoms with E-state index in [-0.39, 0.29) is 10.8 Å². The summed E-state index contributed by atoms with van der Waals surface area (Å²) in [5, 5.41) is 28.7. The number of anilines is 1. The fraction of sp³-hybridized carbons (Fsp3) is 0.0741. The molecule has 4 aromatic heterocycles. The fourth-order valence-corrected chi connectivity index (χ4v) is 5.02. The highest BCUT2D eigenvalue weighted by Gasteiger charge is 2.33. The first-order valence-corrected chi connectivity index (χ1v) is 13.1. The maximum Gasteiger partial charge on any atom is 0.154 e. The van der Waals surface area contributed by atoms with Crippen molar-refractivity contribution in [2.45, 2.75) is 12.2 Å². The third-order valence-corrected chi connectivity index (χ3v) is 7.23. The maximum absolute atomic E-state index is 11.8. The predicted molar refractivity (Wildman–Crippen MR) is 151 cm³/mol. The second-order valence-corrected chi connectivity index (χ2v) is 10.5. The van der Waals surface area contributed by atoms with Gasteiger partial charge in [0.2, 0.25) is 0 Å². The van der Waals surface area contributed by atoms with Crippen LogP contribution in [0.25, 0.3) is 33.8 Å². The van der Waals surface area contributed by atoms with Gasteiger partial charge in [-0.25, -0.2) is 14.5 Å². The van der Waals surface area contributed by atoms with E-state index < -0.39 is 12.2 Å². The lowest BCUT2D eigenvalue weighted by molar-refractivity contribution is 0.0112. The van der Waals surface area contributed by atoms with Gasteiger partial charge < -0.3 is 15.9 Å². The quantitative estimate of drug-likeness (QED) is 0.217. The van der Waals surface area contributed by atoms with Crippen molar-refractivity contribution in [1.29, 1.82) is 0 Å². The van der Waals surface area contributed by atoms with Gasteiger partial charge in [-0.2, -0.15) is 5.10 Å². The number of nitrogens with two attached hydrogens (primary N) is 1. The molecule has 8 nitrogen and oxygen atoms in total. The number of aliphatic hydroxyl groups excluding tert-OH is 2. The number of nitrogens with zero attached hydrogens (tertiary/aromatic N) is 5. The van der Waals surface area contributed by atoms with Crippen LogP contribution in [0, 0.1) is 0 Å². The number of fused-ring (bicyclic) bond motifs is 2. The van der Waals surface area contributed by atoms with Gasteiger partial charge in [0.25, 0.3) is 0 Å². The molecule has 2 atom stereocenters.